The van der Waals surface area contributed by atoms with Gasteiger partial charge < -0.3 is 4.43 Å². The maximum absolute atomic E-state index is 5.79. The van der Waals surface area contributed by atoms with Crippen LogP contribution in [0.5, 0.6) is 0 Å². The summed E-state index contributed by atoms with van der Waals surface area (Å²) in [5.74, 6) is 0.880. The second-order valence-electron chi connectivity index (χ2n) is 5.30. The third kappa shape index (κ3) is 6.67. The summed E-state index contributed by atoms with van der Waals surface area (Å²) in [5.41, 5.74) is 1.31. The van der Waals surface area contributed by atoms with E-state index in [2.05, 4.69) is 39.3 Å². The van der Waals surface area contributed by atoms with Crippen molar-refractivity contribution < 1.29 is 4.43 Å². The molecule has 0 aliphatic rings. The summed E-state index contributed by atoms with van der Waals surface area (Å²) < 4.78 is 5.79. The van der Waals surface area contributed by atoms with Crippen LogP contribution in [0.3, 0.4) is 0 Å². The minimum absolute atomic E-state index is 0.880. The summed E-state index contributed by atoms with van der Waals surface area (Å²) in [6, 6.07) is 0. The van der Waals surface area contributed by atoms with E-state index in [0.717, 1.165) is 5.76 Å². The number of rotatable bonds is 4. The van der Waals surface area contributed by atoms with Crippen molar-refractivity contribution in [2.24, 2.45) is 0 Å². The van der Waals surface area contributed by atoms with Gasteiger partial charge in [0.05, 0.1) is 5.76 Å². The van der Waals surface area contributed by atoms with Crippen LogP contribution < -0.4 is 0 Å². The monoisotopic (exact) mass is 202 g/mol. The van der Waals surface area contributed by atoms with Crippen molar-refractivity contribution in [1.29, 1.82) is 0 Å². The van der Waals surface area contributed by atoms with E-state index in [9.17, 15) is 0 Å². The van der Waals surface area contributed by atoms with Crippen LogP contribution in [-0.2, 0) is 4.43 Å². The van der Waals surface area contributed by atoms with Crippen molar-refractivity contribution in [3.05, 3.63) is 12.3 Å². The summed E-state index contributed by atoms with van der Waals surface area (Å²) >= 11 is 0. The molecule has 0 saturated carbocycles. The van der Waals surface area contributed by atoms with E-state index in [-0.39, 0.29) is 0 Å². The highest BCUT2D eigenvalue weighted by Gasteiger charge is 2.31. The van der Waals surface area contributed by atoms with Crippen molar-refractivity contribution in [1.82, 2.24) is 0 Å². The predicted molar refractivity (Wildman–Crippen MR) is 61.5 cm³/mol. The lowest BCUT2D eigenvalue weighted by molar-refractivity contribution is 0.424. The SMILES string of the molecule is C=C(C)O[Si](C)(C)C[Si](C)(C)C. The van der Waals surface area contributed by atoms with Crippen molar-refractivity contribution in [3.63, 3.8) is 0 Å². The first-order chi connectivity index (χ1) is 5.12. The first-order valence-electron chi connectivity index (χ1n) is 4.47. The van der Waals surface area contributed by atoms with Gasteiger partial charge >= 0.3 is 0 Å². The third-order valence-electron chi connectivity index (χ3n) is 1.41. The van der Waals surface area contributed by atoms with Crippen LogP contribution in [-0.4, -0.2) is 16.4 Å². The Morgan fingerprint density at radius 2 is 1.58 bits per heavy atom. The smallest absolute Gasteiger partial charge is 0.242 e. The molecule has 0 N–H and O–H groups in total. The highest BCUT2D eigenvalue weighted by molar-refractivity contribution is 6.92. The maximum Gasteiger partial charge on any atom is 0.242 e. The first-order valence-corrected chi connectivity index (χ1v) is 11.3. The molecule has 0 amide bonds. The van der Waals surface area contributed by atoms with Crippen LogP contribution in [0.1, 0.15) is 6.92 Å². The molecule has 0 fully saturated rings. The molecule has 0 radical (unpaired) electrons. The topological polar surface area (TPSA) is 9.23 Å². The molecule has 0 atom stereocenters. The molecule has 0 aliphatic heterocycles. The van der Waals surface area contributed by atoms with E-state index in [1.807, 2.05) is 6.92 Å². The zero-order valence-electron chi connectivity index (χ0n) is 9.32. The Balaban J connectivity index is 4.13. The van der Waals surface area contributed by atoms with Gasteiger partial charge in [0, 0.05) is 8.07 Å². The normalized spacial score (nSPS) is 12.8. The van der Waals surface area contributed by atoms with Gasteiger partial charge in [0.25, 0.3) is 0 Å². The van der Waals surface area contributed by atoms with Gasteiger partial charge in [-0.15, -0.1) is 0 Å². The molecule has 12 heavy (non-hydrogen) atoms. The van der Waals surface area contributed by atoms with E-state index < -0.39 is 16.4 Å². The van der Waals surface area contributed by atoms with Crippen LogP contribution in [0.25, 0.3) is 0 Å². The molecule has 0 aromatic rings. The van der Waals surface area contributed by atoms with Gasteiger partial charge in [-0.2, -0.15) is 0 Å². The predicted octanol–water partition coefficient (Wildman–Crippen LogP) is 3.62. The average Bonchev–Trinajstić information content (AvgIpc) is 1.48. The van der Waals surface area contributed by atoms with Crippen LogP contribution in [0.4, 0.5) is 0 Å². The Kier molecular flexibility index (Phi) is 3.78. The van der Waals surface area contributed by atoms with Crippen molar-refractivity contribution >= 4 is 16.4 Å². The number of allylic oxidation sites excluding steroid dienone is 1. The van der Waals surface area contributed by atoms with Crippen LogP contribution in [0.2, 0.25) is 38.4 Å². The molecule has 0 aromatic heterocycles. The van der Waals surface area contributed by atoms with E-state index in [0.29, 0.717) is 0 Å². The lowest BCUT2D eigenvalue weighted by Gasteiger charge is -2.29. The Labute approximate surface area is 79.0 Å². The second kappa shape index (κ2) is 3.79. The molecular formula is C9H22OSi2. The molecule has 72 valence electrons. The van der Waals surface area contributed by atoms with Crippen LogP contribution in [0, 0.1) is 0 Å². The lowest BCUT2D eigenvalue weighted by atomic mass is 10.7. The van der Waals surface area contributed by atoms with Crippen molar-refractivity contribution in [3.8, 4) is 0 Å². The summed E-state index contributed by atoms with van der Waals surface area (Å²) in [6.07, 6.45) is 0. The lowest BCUT2D eigenvalue weighted by Crippen LogP contribution is -2.39. The molecule has 0 aliphatic carbocycles. The number of hydrogen-bond donors (Lipinski definition) is 0. The average molecular weight is 202 g/mol. The fraction of sp³-hybridized carbons (Fsp3) is 0.778. The fourth-order valence-electron chi connectivity index (χ4n) is 1.78. The van der Waals surface area contributed by atoms with Gasteiger partial charge in [-0.3, -0.25) is 0 Å². The van der Waals surface area contributed by atoms with Gasteiger partial charge in [-0.25, -0.2) is 0 Å². The van der Waals surface area contributed by atoms with Gasteiger partial charge in [-0.05, 0) is 25.7 Å². The molecule has 1 nitrogen and oxygen atoms in total. The van der Waals surface area contributed by atoms with E-state index >= 15 is 0 Å². The molecule has 3 heteroatoms. The van der Waals surface area contributed by atoms with Crippen LogP contribution in [0.15, 0.2) is 12.3 Å². The zero-order chi connectivity index (χ0) is 9.99. The molecule has 0 saturated heterocycles. The first kappa shape index (κ1) is 12.0. The van der Waals surface area contributed by atoms with Crippen molar-refractivity contribution in [2.45, 2.75) is 45.3 Å². The van der Waals surface area contributed by atoms with Crippen LogP contribution >= 0.6 is 0 Å². The van der Waals surface area contributed by atoms with E-state index in [1.165, 1.54) is 5.67 Å². The summed E-state index contributed by atoms with van der Waals surface area (Å²) in [6.45, 7) is 17.5. The van der Waals surface area contributed by atoms with E-state index in [1.54, 1.807) is 0 Å². The van der Waals surface area contributed by atoms with Crippen molar-refractivity contribution in [2.75, 3.05) is 0 Å². The van der Waals surface area contributed by atoms with E-state index in [4.69, 9.17) is 4.43 Å². The summed E-state index contributed by atoms with van der Waals surface area (Å²) in [7, 11) is -2.40. The molecule has 0 heterocycles. The van der Waals surface area contributed by atoms with Gasteiger partial charge in [0.2, 0.25) is 8.32 Å². The summed E-state index contributed by atoms with van der Waals surface area (Å²) in [4.78, 5) is 0. The highest BCUT2D eigenvalue weighted by atomic mass is 28.4. The maximum atomic E-state index is 5.79. The Hall–Kier alpha value is -0.0262. The highest BCUT2D eigenvalue weighted by Crippen LogP contribution is 2.22. The molecule has 0 bridgehead atoms. The quantitative estimate of drug-likeness (QED) is 0.500. The van der Waals surface area contributed by atoms with Gasteiger partial charge in [0.15, 0.2) is 0 Å². The molecule has 0 spiro atoms. The minimum atomic E-state index is -1.44. The standard InChI is InChI=1S/C9H22OSi2/c1-9(2)10-12(6,7)8-11(3,4)5/h1,8H2,2-7H3. The minimum Gasteiger partial charge on any atom is -0.548 e. The van der Waals surface area contributed by atoms with Gasteiger partial charge in [-0.1, -0.05) is 26.2 Å². The Morgan fingerprint density at radius 3 is 1.83 bits per heavy atom. The molecule has 0 rings (SSSR count). The largest absolute Gasteiger partial charge is 0.548 e. The molecule has 0 unspecified atom stereocenters. The van der Waals surface area contributed by atoms with Gasteiger partial charge in [0.1, 0.15) is 0 Å². The Morgan fingerprint density at radius 1 is 1.17 bits per heavy atom. The number of hydrogen-bond acceptors (Lipinski definition) is 1. The Bertz CT molecular complexity index is 168. The second-order valence-corrected chi connectivity index (χ2v) is 15.6. The third-order valence-corrected chi connectivity index (χ3v) is 9.96. The fourth-order valence-corrected chi connectivity index (χ4v) is 13.2. The molecular weight excluding hydrogens is 180 g/mol. The molecule has 0 aromatic carbocycles. The zero-order valence-corrected chi connectivity index (χ0v) is 11.3. The summed E-state index contributed by atoms with van der Waals surface area (Å²) in [5, 5.41) is 0.